The molecule has 18 heteroatoms. The fraction of sp³-hybridized carbons (Fsp3) is 0.875. The van der Waals surface area contributed by atoms with Crippen LogP contribution in [0.5, 0.6) is 0 Å². The molecule has 15 atom stereocenters. The average molecular weight is 610 g/mol. The summed E-state index contributed by atoms with van der Waals surface area (Å²) in [5, 5.41) is 70.5. The molecule has 0 spiro atoms. The first kappa shape index (κ1) is 32.8. The van der Waals surface area contributed by atoms with Gasteiger partial charge in [0.2, 0.25) is 17.7 Å². The highest BCUT2D eigenvalue weighted by atomic mass is 16.8. The van der Waals surface area contributed by atoms with E-state index in [9.17, 15) is 45.0 Å². The molecule has 42 heavy (non-hydrogen) atoms. The monoisotopic (exact) mass is 609 g/mol. The normalized spacial score (nSPS) is 45.2. The minimum Gasteiger partial charge on any atom is -0.394 e. The summed E-state index contributed by atoms with van der Waals surface area (Å²) in [6.45, 7) is 2.08. The minimum absolute atomic E-state index is 0.00147. The number of nitrogens with one attached hydrogen (secondary N) is 3. The van der Waals surface area contributed by atoms with Crippen LogP contribution in [0.25, 0.3) is 0 Å². The largest absolute Gasteiger partial charge is 0.394 e. The van der Waals surface area contributed by atoms with Gasteiger partial charge in [0.05, 0.1) is 19.8 Å². The molecule has 4 fully saturated rings. The number of rotatable bonds is 9. The maximum atomic E-state index is 12.1. The van der Waals surface area contributed by atoms with E-state index in [1.807, 2.05) is 0 Å². The third kappa shape index (κ3) is 6.85. The molecular formula is C24H39N3O15. The van der Waals surface area contributed by atoms with E-state index in [0.717, 1.165) is 6.92 Å². The molecule has 4 saturated heterocycles. The van der Waals surface area contributed by atoms with Crippen LogP contribution in [0.3, 0.4) is 0 Å². The molecule has 4 aliphatic heterocycles. The van der Waals surface area contributed by atoms with Gasteiger partial charge in [-0.2, -0.15) is 0 Å². The van der Waals surface area contributed by atoms with E-state index in [-0.39, 0.29) is 6.61 Å². The van der Waals surface area contributed by atoms with E-state index < -0.39 is 123 Å². The number of carbonyl (C=O) groups is 3. The van der Waals surface area contributed by atoms with Crippen molar-refractivity contribution in [3.63, 3.8) is 0 Å². The van der Waals surface area contributed by atoms with Crippen LogP contribution in [0.15, 0.2) is 0 Å². The van der Waals surface area contributed by atoms with E-state index in [2.05, 4.69) is 16.0 Å². The molecular weight excluding hydrogens is 570 g/mol. The molecule has 9 N–H and O–H groups in total. The summed E-state index contributed by atoms with van der Waals surface area (Å²) < 4.78 is 34.6. The molecule has 3 amide bonds. The summed E-state index contributed by atoms with van der Waals surface area (Å²) in [4.78, 5) is 35.6. The Morgan fingerprint density at radius 2 is 1.14 bits per heavy atom. The van der Waals surface area contributed by atoms with Gasteiger partial charge in [0.1, 0.15) is 73.1 Å². The van der Waals surface area contributed by atoms with E-state index in [0.29, 0.717) is 0 Å². The number of hydrogen-bond donors (Lipinski definition) is 9. The van der Waals surface area contributed by atoms with E-state index in [1.165, 1.54) is 13.8 Å². The molecule has 0 aromatic rings. The van der Waals surface area contributed by atoms with Crippen LogP contribution in [-0.2, 0) is 42.8 Å². The van der Waals surface area contributed by atoms with Crippen LogP contribution >= 0.6 is 0 Å². The van der Waals surface area contributed by atoms with Crippen LogP contribution in [0.1, 0.15) is 20.8 Å². The fourth-order valence-corrected chi connectivity index (χ4v) is 5.58. The smallest absolute Gasteiger partial charge is 0.217 e. The van der Waals surface area contributed by atoms with Crippen molar-refractivity contribution in [1.29, 1.82) is 0 Å². The van der Waals surface area contributed by atoms with Crippen LogP contribution in [0.4, 0.5) is 0 Å². The van der Waals surface area contributed by atoms with E-state index >= 15 is 0 Å². The zero-order valence-electron chi connectivity index (χ0n) is 23.1. The van der Waals surface area contributed by atoms with Crippen LogP contribution in [0.2, 0.25) is 0 Å². The summed E-state index contributed by atoms with van der Waals surface area (Å²) in [7, 11) is 0. The molecule has 0 aromatic carbocycles. The molecule has 18 nitrogen and oxygen atoms in total. The predicted molar refractivity (Wildman–Crippen MR) is 133 cm³/mol. The van der Waals surface area contributed by atoms with Crippen molar-refractivity contribution in [2.24, 2.45) is 0 Å². The lowest BCUT2D eigenvalue weighted by Gasteiger charge is -2.49. The second-order valence-corrected chi connectivity index (χ2v) is 10.7. The minimum atomic E-state index is -1.68. The van der Waals surface area contributed by atoms with Gasteiger partial charge >= 0.3 is 0 Å². The average Bonchev–Trinajstić information content (AvgIpc) is 3.37. The Hall–Kier alpha value is -2.07. The van der Waals surface area contributed by atoms with Gasteiger partial charge < -0.3 is 75.0 Å². The lowest BCUT2D eigenvalue weighted by atomic mass is 9.94. The van der Waals surface area contributed by atoms with Gasteiger partial charge in [-0.1, -0.05) is 0 Å². The summed E-state index contributed by atoms with van der Waals surface area (Å²) in [5.74, 6) is -1.68. The third-order valence-electron chi connectivity index (χ3n) is 7.52. The first-order valence-electron chi connectivity index (χ1n) is 13.5. The molecule has 4 heterocycles. The van der Waals surface area contributed by atoms with Gasteiger partial charge in [0.15, 0.2) is 18.9 Å². The number of ether oxygens (including phenoxy) is 6. The van der Waals surface area contributed by atoms with Crippen molar-refractivity contribution in [3.8, 4) is 0 Å². The van der Waals surface area contributed by atoms with Gasteiger partial charge in [-0.25, -0.2) is 0 Å². The lowest BCUT2D eigenvalue weighted by Crippen LogP contribution is -2.70. The predicted octanol–water partition coefficient (Wildman–Crippen LogP) is -6.10. The molecule has 0 saturated carbocycles. The highest BCUT2D eigenvalue weighted by Crippen LogP contribution is 2.34. The first-order valence-corrected chi connectivity index (χ1v) is 13.5. The Balaban J connectivity index is 1.57. The van der Waals surface area contributed by atoms with Gasteiger partial charge in [0, 0.05) is 20.8 Å². The Morgan fingerprint density at radius 3 is 1.69 bits per heavy atom. The maximum absolute atomic E-state index is 12.1. The van der Waals surface area contributed by atoms with Crippen molar-refractivity contribution in [1.82, 2.24) is 16.0 Å². The Bertz CT molecular complexity index is 975. The van der Waals surface area contributed by atoms with Gasteiger partial charge in [-0.3, -0.25) is 14.4 Å². The highest BCUT2D eigenvalue weighted by molar-refractivity contribution is 5.74. The number of amides is 3. The zero-order valence-corrected chi connectivity index (χ0v) is 23.1. The summed E-state index contributed by atoms with van der Waals surface area (Å²) in [6.07, 6.45) is -16.4. The molecule has 0 radical (unpaired) electrons. The molecule has 0 aromatic heterocycles. The topological polar surface area (TPSA) is 264 Å². The number of aliphatic hydroxyl groups is 6. The van der Waals surface area contributed by atoms with E-state index in [4.69, 9.17) is 28.4 Å². The molecule has 240 valence electrons. The van der Waals surface area contributed by atoms with Gasteiger partial charge in [-0.15, -0.1) is 0 Å². The third-order valence-corrected chi connectivity index (χ3v) is 7.52. The first-order chi connectivity index (χ1) is 19.9. The Kier molecular flexibility index (Phi) is 10.7. The maximum Gasteiger partial charge on any atom is 0.217 e. The Labute approximate surface area is 240 Å². The number of hydrogen-bond acceptors (Lipinski definition) is 15. The molecule has 1 unspecified atom stereocenters. The zero-order chi connectivity index (χ0) is 30.9. The number of fused-ring (bicyclic) bond motifs is 2. The number of carbonyl (C=O) groups excluding carboxylic acids is 3. The SMILES string of the molecule is CC(=O)N[C@H]1[C@H](O[C@H]2[C@H](O)[C@@H](NC(C)=O)C3OC[C@@H]2O3)O[C@H](CO)[C@@H](O[C@@H]2O[C@H](CO)[C@@H](O)[C@H](O)[C@H]2NC(C)=O)[C@@H]1O. The van der Waals surface area contributed by atoms with Crippen LogP contribution in [0, 0.1) is 0 Å². The molecule has 2 bridgehead atoms. The molecule has 4 rings (SSSR count). The second kappa shape index (κ2) is 13.7. The van der Waals surface area contributed by atoms with Crippen molar-refractivity contribution < 1.29 is 73.4 Å². The van der Waals surface area contributed by atoms with Crippen molar-refractivity contribution in [2.45, 2.75) is 113 Å². The summed E-state index contributed by atoms with van der Waals surface area (Å²) >= 11 is 0. The van der Waals surface area contributed by atoms with Crippen molar-refractivity contribution >= 4 is 17.7 Å². The number of aliphatic hydroxyl groups excluding tert-OH is 6. The van der Waals surface area contributed by atoms with Crippen LogP contribution in [-0.4, -0.2) is 160 Å². The van der Waals surface area contributed by atoms with Crippen molar-refractivity contribution in [3.05, 3.63) is 0 Å². The van der Waals surface area contributed by atoms with Gasteiger partial charge in [0.25, 0.3) is 0 Å². The second-order valence-electron chi connectivity index (χ2n) is 10.7. The molecule has 0 aliphatic carbocycles. The van der Waals surface area contributed by atoms with E-state index in [1.54, 1.807) is 0 Å². The Morgan fingerprint density at radius 1 is 0.667 bits per heavy atom. The summed E-state index contributed by atoms with van der Waals surface area (Å²) in [6, 6.07) is -3.73. The lowest BCUT2D eigenvalue weighted by molar-refractivity contribution is -0.344. The van der Waals surface area contributed by atoms with Gasteiger partial charge in [-0.05, 0) is 0 Å². The van der Waals surface area contributed by atoms with Crippen molar-refractivity contribution in [2.75, 3.05) is 19.8 Å². The highest BCUT2D eigenvalue weighted by Gasteiger charge is 2.56. The fourth-order valence-electron chi connectivity index (χ4n) is 5.58. The molecule has 4 aliphatic rings. The standard InChI is InChI=1S/C24H39N3O15/c1-7(30)25-13-17(34)16(33)10(4-28)38-23(13)41-20-11(5-29)39-24(15(19(20)36)27-9(3)32)42-21-12-6-37-22(40-12)14(18(21)35)26-8(2)31/h10-24,28-29,33-36H,4-6H2,1-3H3,(H,25,30)(H,26,31)(H,27,32)/t10-,11-,12+,13-,14-,15-,16-,17-,18-,19-,20-,21-,22?,23+,24+/m1/s1. The van der Waals surface area contributed by atoms with Crippen LogP contribution < -0.4 is 16.0 Å². The quantitative estimate of drug-likeness (QED) is 0.118. The summed E-state index contributed by atoms with van der Waals surface area (Å²) in [5.41, 5.74) is 0.